The number of aromatic nitrogens is 5. The van der Waals surface area contributed by atoms with Gasteiger partial charge in [-0.2, -0.15) is 0 Å². The standard InChI is InChI=1S/C22H16N6/c1-2-10-19-18(9-1)27-22(28-19)15-6-5-7-16(12-15)26-21-14-24-20(13-25-21)17-8-3-4-11-23-17/h1-14H,(H,25,26)(H,27,28). The Morgan fingerprint density at radius 2 is 1.68 bits per heavy atom. The summed E-state index contributed by atoms with van der Waals surface area (Å²) < 4.78 is 0. The van der Waals surface area contributed by atoms with Gasteiger partial charge >= 0.3 is 0 Å². The van der Waals surface area contributed by atoms with Gasteiger partial charge in [0, 0.05) is 17.4 Å². The Morgan fingerprint density at radius 3 is 2.50 bits per heavy atom. The average molecular weight is 364 g/mol. The first-order valence-electron chi connectivity index (χ1n) is 8.91. The first kappa shape index (κ1) is 16.1. The fourth-order valence-corrected chi connectivity index (χ4v) is 3.02. The molecule has 0 aliphatic carbocycles. The van der Waals surface area contributed by atoms with E-state index in [0.717, 1.165) is 39.5 Å². The first-order chi connectivity index (χ1) is 13.8. The topological polar surface area (TPSA) is 79.4 Å². The minimum Gasteiger partial charge on any atom is -0.339 e. The monoisotopic (exact) mass is 364 g/mol. The lowest BCUT2D eigenvalue weighted by molar-refractivity contribution is 1.17. The lowest BCUT2D eigenvalue weighted by Crippen LogP contribution is -1.96. The average Bonchev–Trinajstić information content (AvgIpc) is 3.20. The number of rotatable bonds is 4. The normalized spacial score (nSPS) is 10.9. The number of hydrogen-bond acceptors (Lipinski definition) is 5. The molecule has 0 saturated heterocycles. The number of pyridine rings is 1. The van der Waals surface area contributed by atoms with E-state index in [9.17, 15) is 0 Å². The fourth-order valence-electron chi connectivity index (χ4n) is 3.02. The minimum absolute atomic E-state index is 0.668. The van der Waals surface area contributed by atoms with Gasteiger partial charge in [-0.1, -0.05) is 30.3 Å². The molecule has 0 saturated carbocycles. The number of nitrogens with zero attached hydrogens (tertiary/aromatic N) is 4. The summed E-state index contributed by atoms with van der Waals surface area (Å²) in [5.41, 5.74) is 5.42. The maximum Gasteiger partial charge on any atom is 0.148 e. The molecular weight excluding hydrogens is 348 g/mol. The highest BCUT2D eigenvalue weighted by Gasteiger charge is 2.07. The van der Waals surface area contributed by atoms with E-state index in [1.54, 1.807) is 18.6 Å². The summed E-state index contributed by atoms with van der Waals surface area (Å²) in [7, 11) is 0. The second-order valence-electron chi connectivity index (χ2n) is 6.31. The molecule has 0 unspecified atom stereocenters. The summed E-state index contributed by atoms with van der Waals surface area (Å²) >= 11 is 0. The van der Waals surface area contributed by atoms with Crippen molar-refractivity contribution < 1.29 is 0 Å². The molecule has 0 radical (unpaired) electrons. The number of para-hydroxylation sites is 2. The van der Waals surface area contributed by atoms with Crippen molar-refractivity contribution in [2.24, 2.45) is 0 Å². The van der Waals surface area contributed by atoms with Gasteiger partial charge in [0.1, 0.15) is 17.3 Å². The third-order valence-electron chi connectivity index (χ3n) is 4.38. The molecule has 28 heavy (non-hydrogen) atoms. The van der Waals surface area contributed by atoms with Crippen molar-refractivity contribution in [1.82, 2.24) is 24.9 Å². The van der Waals surface area contributed by atoms with Crippen LogP contribution in [-0.4, -0.2) is 24.9 Å². The summed E-state index contributed by atoms with van der Waals surface area (Å²) in [5.74, 6) is 1.50. The van der Waals surface area contributed by atoms with E-state index in [1.165, 1.54) is 0 Å². The number of aromatic amines is 1. The quantitative estimate of drug-likeness (QED) is 0.478. The van der Waals surface area contributed by atoms with Gasteiger partial charge in [0.2, 0.25) is 0 Å². The highest BCUT2D eigenvalue weighted by atomic mass is 15.0. The molecule has 5 aromatic rings. The molecular formula is C22H16N6. The van der Waals surface area contributed by atoms with E-state index in [2.05, 4.69) is 30.2 Å². The van der Waals surface area contributed by atoms with Crippen LogP contribution < -0.4 is 5.32 Å². The van der Waals surface area contributed by atoms with Crippen molar-refractivity contribution in [3.8, 4) is 22.8 Å². The van der Waals surface area contributed by atoms with Crippen molar-refractivity contribution in [3.05, 3.63) is 85.3 Å². The van der Waals surface area contributed by atoms with Gasteiger partial charge in [-0.05, 0) is 36.4 Å². The number of H-pyrrole nitrogens is 1. The number of hydrogen-bond donors (Lipinski definition) is 2. The number of benzene rings is 2. The molecule has 5 rings (SSSR count). The van der Waals surface area contributed by atoms with Gasteiger partial charge in [-0.15, -0.1) is 0 Å². The highest BCUT2D eigenvalue weighted by molar-refractivity contribution is 5.80. The first-order valence-corrected chi connectivity index (χ1v) is 8.91. The molecule has 0 aliphatic rings. The third-order valence-corrected chi connectivity index (χ3v) is 4.38. The SMILES string of the molecule is c1ccc(-c2cnc(Nc3cccc(-c4nc5ccccc5[nH]4)c3)cn2)nc1. The van der Waals surface area contributed by atoms with Crippen molar-refractivity contribution in [2.75, 3.05) is 5.32 Å². The van der Waals surface area contributed by atoms with E-state index in [1.807, 2.05) is 66.7 Å². The molecule has 2 N–H and O–H groups in total. The van der Waals surface area contributed by atoms with Crippen LogP contribution in [-0.2, 0) is 0 Å². The highest BCUT2D eigenvalue weighted by Crippen LogP contribution is 2.24. The molecule has 0 atom stereocenters. The van der Waals surface area contributed by atoms with Gasteiger partial charge < -0.3 is 10.3 Å². The lowest BCUT2D eigenvalue weighted by atomic mass is 10.2. The molecule has 2 aromatic carbocycles. The Bertz CT molecular complexity index is 1200. The molecule has 3 heterocycles. The summed E-state index contributed by atoms with van der Waals surface area (Å²) in [6, 6.07) is 21.7. The van der Waals surface area contributed by atoms with E-state index in [4.69, 9.17) is 0 Å². The Kier molecular flexibility index (Phi) is 3.99. The van der Waals surface area contributed by atoms with Crippen LogP contribution in [0.1, 0.15) is 0 Å². The van der Waals surface area contributed by atoms with Gasteiger partial charge in [-0.25, -0.2) is 15.0 Å². The van der Waals surface area contributed by atoms with Crippen LogP contribution in [0.15, 0.2) is 85.3 Å². The molecule has 0 amide bonds. The maximum atomic E-state index is 4.66. The van der Waals surface area contributed by atoms with Crippen LogP contribution in [0.4, 0.5) is 11.5 Å². The van der Waals surface area contributed by atoms with Crippen molar-refractivity contribution in [3.63, 3.8) is 0 Å². The van der Waals surface area contributed by atoms with Crippen LogP contribution in [0, 0.1) is 0 Å². The molecule has 0 bridgehead atoms. The Morgan fingerprint density at radius 1 is 0.750 bits per heavy atom. The summed E-state index contributed by atoms with van der Waals surface area (Å²) in [6.45, 7) is 0. The Labute approximate surface area is 161 Å². The summed E-state index contributed by atoms with van der Waals surface area (Å²) in [4.78, 5) is 21.2. The van der Waals surface area contributed by atoms with Crippen LogP contribution in [0.3, 0.4) is 0 Å². The fraction of sp³-hybridized carbons (Fsp3) is 0. The lowest BCUT2D eigenvalue weighted by Gasteiger charge is -2.07. The molecule has 134 valence electrons. The van der Waals surface area contributed by atoms with Crippen molar-refractivity contribution in [2.45, 2.75) is 0 Å². The number of nitrogens with one attached hydrogen (secondary N) is 2. The predicted octanol–water partition coefficient (Wildman–Crippen LogP) is 4.83. The van der Waals surface area contributed by atoms with Crippen LogP contribution in [0.5, 0.6) is 0 Å². The molecule has 0 aliphatic heterocycles. The molecule has 0 fully saturated rings. The van der Waals surface area contributed by atoms with E-state index >= 15 is 0 Å². The molecule has 3 aromatic heterocycles. The van der Waals surface area contributed by atoms with Crippen LogP contribution in [0.25, 0.3) is 33.8 Å². The second-order valence-corrected chi connectivity index (χ2v) is 6.31. The smallest absolute Gasteiger partial charge is 0.148 e. The largest absolute Gasteiger partial charge is 0.339 e. The Balaban J connectivity index is 1.39. The van der Waals surface area contributed by atoms with E-state index in [-0.39, 0.29) is 0 Å². The summed E-state index contributed by atoms with van der Waals surface area (Å²) in [5, 5.41) is 3.29. The van der Waals surface area contributed by atoms with Crippen LogP contribution in [0.2, 0.25) is 0 Å². The zero-order valence-corrected chi connectivity index (χ0v) is 14.9. The van der Waals surface area contributed by atoms with Gasteiger partial charge in [0.25, 0.3) is 0 Å². The zero-order valence-electron chi connectivity index (χ0n) is 14.9. The minimum atomic E-state index is 0.668. The van der Waals surface area contributed by atoms with Gasteiger partial charge in [0.05, 0.1) is 29.1 Å². The number of fused-ring (bicyclic) bond motifs is 1. The van der Waals surface area contributed by atoms with Crippen LogP contribution >= 0.6 is 0 Å². The number of anilines is 2. The second kappa shape index (κ2) is 6.92. The predicted molar refractivity (Wildman–Crippen MR) is 110 cm³/mol. The Hall–Kier alpha value is -4.06. The van der Waals surface area contributed by atoms with E-state index in [0.29, 0.717) is 5.82 Å². The van der Waals surface area contributed by atoms with E-state index < -0.39 is 0 Å². The van der Waals surface area contributed by atoms with Gasteiger partial charge in [-0.3, -0.25) is 4.98 Å². The zero-order chi connectivity index (χ0) is 18.8. The van der Waals surface area contributed by atoms with Gasteiger partial charge in [0.15, 0.2) is 0 Å². The number of imidazole rings is 1. The van der Waals surface area contributed by atoms with Crippen molar-refractivity contribution >= 4 is 22.5 Å². The molecule has 6 nitrogen and oxygen atoms in total. The molecule has 6 heteroatoms. The third kappa shape index (κ3) is 3.19. The maximum absolute atomic E-state index is 4.66. The summed E-state index contributed by atoms with van der Waals surface area (Å²) in [6.07, 6.45) is 5.17. The van der Waals surface area contributed by atoms with Crippen molar-refractivity contribution in [1.29, 1.82) is 0 Å². The molecule has 0 spiro atoms.